The monoisotopic (exact) mass is 195 g/mol. The maximum atomic E-state index is 10.4. The summed E-state index contributed by atoms with van der Waals surface area (Å²) in [4.78, 5) is 12.5. The molecule has 0 amide bonds. The van der Waals surface area contributed by atoms with E-state index < -0.39 is 0 Å². The zero-order valence-electron chi connectivity index (χ0n) is 9.87. The van der Waals surface area contributed by atoms with Crippen LogP contribution in [0.2, 0.25) is 0 Å². The summed E-state index contributed by atoms with van der Waals surface area (Å²) in [5.74, 6) is 0.633. The van der Waals surface area contributed by atoms with Crippen LogP contribution in [0.5, 0.6) is 0 Å². The van der Waals surface area contributed by atoms with Gasteiger partial charge in [-0.2, -0.15) is 0 Å². The normalized spacial score (nSPS) is 13.3. The highest BCUT2D eigenvalue weighted by molar-refractivity contribution is 5.72. The summed E-state index contributed by atoms with van der Waals surface area (Å²) in [6.07, 6.45) is 5.79. The van der Waals surface area contributed by atoms with Crippen molar-refractivity contribution in [1.82, 2.24) is 4.90 Å². The molecule has 0 spiro atoms. The second kappa shape index (κ2) is 6.41. The first-order chi connectivity index (χ1) is 6.47. The van der Waals surface area contributed by atoms with Gasteiger partial charge in [0.1, 0.15) is 6.29 Å². The second-order valence-electron chi connectivity index (χ2n) is 4.18. The number of aldehydes is 1. The van der Waals surface area contributed by atoms with Gasteiger partial charge in [-0.15, -0.1) is 0 Å². The van der Waals surface area contributed by atoms with E-state index in [0.29, 0.717) is 5.92 Å². The second-order valence-corrected chi connectivity index (χ2v) is 4.18. The van der Waals surface area contributed by atoms with Crippen LogP contribution in [0.4, 0.5) is 0 Å². The Morgan fingerprint density at radius 3 is 2.21 bits per heavy atom. The largest absolute Gasteiger partial charge is 0.381 e. The first kappa shape index (κ1) is 12.9. The summed E-state index contributed by atoms with van der Waals surface area (Å²) >= 11 is 0. The molecule has 0 aromatic rings. The average Bonchev–Trinajstić information content (AvgIpc) is 2.10. The molecule has 14 heavy (non-hydrogen) atoms. The number of allylic oxidation sites excluding steroid dienone is 4. The predicted molar refractivity (Wildman–Crippen MR) is 61.0 cm³/mol. The van der Waals surface area contributed by atoms with Crippen LogP contribution in [0, 0.1) is 5.92 Å². The molecule has 0 fully saturated rings. The fourth-order valence-electron chi connectivity index (χ4n) is 1.08. The van der Waals surface area contributed by atoms with E-state index in [4.69, 9.17) is 0 Å². The van der Waals surface area contributed by atoms with Crippen LogP contribution in [0.1, 0.15) is 27.2 Å². The molecule has 0 aliphatic rings. The Morgan fingerprint density at radius 2 is 1.86 bits per heavy atom. The molecule has 2 nitrogen and oxygen atoms in total. The molecule has 2 heteroatoms. The van der Waals surface area contributed by atoms with Gasteiger partial charge in [-0.1, -0.05) is 19.9 Å². The summed E-state index contributed by atoms with van der Waals surface area (Å²) in [5.41, 5.74) is 2.01. The standard InChI is InChI=1S/C12H21NO/c1-10(2)8-12(13(4)5)7-6-11(3)9-14/h6-7,9-10H,8H2,1-5H3. The van der Waals surface area contributed by atoms with E-state index in [1.54, 1.807) is 0 Å². The first-order valence-corrected chi connectivity index (χ1v) is 4.97. The molecule has 80 valence electrons. The van der Waals surface area contributed by atoms with Gasteiger partial charge in [0.25, 0.3) is 0 Å². The summed E-state index contributed by atoms with van der Waals surface area (Å²) < 4.78 is 0. The van der Waals surface area contributed by atoms with Crippen LogP contribution in [0.3, 0.4) is 0 Å². The van der Waals surface area contributed by atoms with Gasteiger partial charge < -0.3 is 4.90 Å². The lowest BCUT2D eigenvalue weighted by atomic mass is 10.1. The Hall–Kier alpha value is -1.05. The number of hydrogen-bond acceptors (Lipinski definition) is 2. The van der Waals surface area contributed by atoms with E-state index in [-0.39, 0.29) is 0 Å². The van der Waals surface area contributed by atoms with E-state index >= 15 is 0 Å². The maximum Gasteiger partial charge on any atom is 0.145 e. The zero-order chi connectivity index (χ0) is 11.1. The van der Waals surface area contributed by atoms with Crippen LogP contribution in [0.25, 0.3) is 0 Å². The molecule has 0 bridgehead atoms. The molecule has 0 aliphatic heterocycles. The fraction of sp³-hybridized carbons (Fsp3) is 0.583. The molecular formula is C12H21NO. The minimum absolute atomic E-state index is 0.633. The molecule has 0 saturated heterocycles. The molecule has 0 unspecified atom stereocenters. The summed E-state index contributed by atoms with van der Waals surface area (Å²) in [6, 6.07) is 0. The van der Waals surface area contributed by atoms with Crippen molar-refractivity contribution in [2.75, 3.05) is 14.1 Å². The summed E-state index contributed by atoms with van der Waals surface area (Å²) in [6.45, 7) is 6.19. The highest BCUT2D eigenvalue weighted by Gasteiger charge is 2.01. The minimum Gasteiger partial charge on any atom is -0.381 e. The third kappa shape index (κ3) is 5.57. The van der Waals surface area contributed by atoms with Gasteiger partial charge in [-0.05, 0) is 30.9 Å². The van der Waals surface area contributed by atoms with E-state index in [9.17, 15) is 4.79 Å². The van der Waals surface area contributed by atoms with Gasteiger partial charge in [0.05, 0.1) is 0 Å². The van der Waals surface area contributed by atoms with Crippen molar-refractivity contribution in [1.29, 1.82) is 0 Å². The van der Waals surface area contributed by atoms with Crippen molar-refractivity contribution in [3.8, 4) is 0 Å². The lowest BCUT2D eigenvalue weighted by molar-refractivity contribution is -0.104. The van der Waals surface area contributed by atoms with Crippen molar-refractivity contribution in [2.45, 2.75) is 27.2 Å². The zero-order valence-corrected chi connectivity index (χ0v) is 9.87. The van der Waals surface area contributed by atoms with Crippen LogP contribution in [0.15, 0.2) is 23.4 Å². The Balaban J connectivity index is 4.56. The molecule has 0 aliphatic carbocycles. The van der Waals surface area contributed by atoms with Crippen LogP contribution < -0.4 is 0 Å². The van der Waals surface area contributed by atoms with Crippen LogP contribution in [-0.2, 0) is 4.79 Å². The van der Waals surface area contributed by atoms with E-state index in [1.165, 1.54) is 5.70 Å². The molecule has 0 heterocycles. The minimum atomic E-state index is 0.633. The molecule has 0 N–H and O–H groups in total. The highest BCUT2D eigenvalue weighted by atomic mass is 16.1. The van der Waals surface area contributed by atoms with Gasteiger partial charge in [-0.25, -0.2) is 0 Å². The topological polar surface area (TPSA) is 20.3 Å². The Labute approximate surface area is 87.3 Å². The van der Waals surface area contributed by atoms with Crippen molar-refractivity contribution in [2.24, 2.45) is 5.92 Å². The number of carbonyl (C=O) groups excluding carboxylic acids is 1. The third-order valence-corrected chi connectivity index (χ3v) is 1.92. The van der Waals surface area contributed by atoms with E-state index in [0.717, 1.165) is 18.3 Å². The van der Waals surface area contributed by atoms with Gasteiger partial charge in [0, 0.05) is 19.8 Å². The Bertz CT molecular complexity index is 237. The van der Waals surface area contributed by atoms with Crippen molar-refractivity contribution < 1.29 is 4.79 Å². The van der Waals surface area contributed by atoms with Gasteiger partial charge >= 0.3 is 0 Å². The van der Waals surface area contributed by atoms with Crippen molar-refractivity contribution in [3.63, 3.8) is 0 Å². The molecule has 0 aromatic carbocycles. The summed E-state index contributed by atoms with van der Waals surface area (Å²) in [5, 5.41) is 0. The number of carbonyl (C=O) groups is 1. The SMILES string of the molecule is CC(C=O)=CC=C(CC(C)C)N(C)C. The number of nitrogens with zero attached hydrogens (tertiary/aromatic N) is 1. The lowest BCUT2D eigenvalue weighted by Gasteiger charge is -2.18. The average molecular weight is 195 g/mol. The van der Waals surface area contributed by atoms with E-state index in [2.05, 4.69) is 18.7 Å². The molecule has 0 aromatic heterocycles. The lowest BCUT2D eigenvalue weighted by Crippen LogP contribution is -2.12. The van der Waals surface area contributed by atoms with Crippen LogP contribution in [-0.4, -0.2) is 25.3 Å². The maximum absolute atomic E-state index is 10.4. The van der Waals surface area contributed by atoms with Crippen LogP contribution >= 0.6 is 0 Å². The molecule has 0 saturated carbocycles. The molecule has 0 atom stereocenters. The smallest absolute Gasteiger partial charge is 0.145 e. The van der Waals surface area contributed by atoms with Crippen molar-refractivity contribution >= 4 is 6.29 Å². The Kier molecular flexibility index (Phi) is 5.93. The predicted octanol–water partition coefficient (Wildman–Crippen LogP) is 2.62. The van der Waals surface area contributed by atoms with E-state index in [1.807, 2.05) is 33.2 Å². The van der Waals surface area contributed by atoms with Gasteiger partial charge in [0.15, 0.2) is 0 Å². The van der Waals surface area contributed by atoms with Gasteiger partial charge in [0.2, 0.25) is 0 Å². The number of rotatable bonds is 5. The highest BCUT2D eigenvalue weighted by Crippen LogP contribution is 2.12. The first-order valence-electron chi connectivity index (χ1n) is 4.97. The quantitative estimate of drug-likeness (QED) is 0.382. The van der Waals surface area contributed by atoms with Gasteiger partial charge in [-0.3, -0.25) is 4.79 Å². The number of hydrogen-bond donors (Lipinski definition) is 0. The fourth-order valence-corrected chi connectivity index (χ4v) is 1.08. The summed E-state index contributed by atoms with van der Waals surface area (Å²) in [7, 11) is 4.05. The Morgan fingerprint density at radius 1 is 1.29 bits per heavy atom. The molecule has 0 rings (SSSR count). The third-order valence-electron chi connectivity index (χ3n) is 1.92. The molecule has 0 radical (unpaired) electrons. The molecular weight excluding hydrogens is 174 g/mol. The van der Waals surface area contributed by atoms with Crippen molar-refractivity contribution in [3.05, 3.63) is 23.4 Å².